The molecule has 5 N–H and O–H groups in total. The van der Waals surface area contributed by atoms with Crippen LogP contribution in [0, 0.1) is 17.3 Å². The van der Waals surface area contributed by atoms with Gasteiger partial charge in [0.25, 0.3) is 0 Å². The number of carbonyl (C=O) groups is 6. The van der Waals surface area contributed by atoms with Gasteiger partial charge in [-0.25, -0.2) is 0 Å². The molecular weight excluding hydrogens is 646 g/mol. The van der Waals surface area contributed by atoms with Crippen LogP contribution in [-0.2, 0) is 44.7 Å². The minimum absolute atomic E-state index is 0.00212. The summed E-state index contributed by atoms with van der Waals surface area (Å²) >= 11 is 0. The second-order valence-corrected chi connectivity index (χ2v) is 14.4. The van der Waals surface area contributed by atoms with Crippen LogP contribution in [0.15, 0.2) is 30.3 Å². The van der Waals surface area contributed by atoms with Gasteiger partial charge in [0.15, 0.2) is 5.78 Å². The molecule has 1 heterocycles. The number of rotatable bonds is 20. The molecule has 1 aromatic rings. The molecule has 0 aromatic heterocycles. The van der Waals surface area contributed by atoms with Gasteiger partial charge in [0, 0.05) is 31.8 Å². The van der Waals surface area contributed by atoms with Crippen LogP contribution in [0.2, 0.25) is 0 Å². The van der Waals surface area contributed by atoms with Crippen LogP contribution in [0.1, 0.15) is 66.9 Å². The number of aliphatic hydroxyl groups is 1. The van der Waals surface area contributed by atoms with Crippen LogP contribution < -0.4 is 21.3 Å². The Hall–Kier alpha value is -3.88. The fourth-order valence-electron chi connectivity index (χ4n) is 5.42. The number of nitrogens with one attached hydrogen (secondary N) is 4. The summed E-state index contributed by atoms with van der Waals surface area (Å²) in [5, 5.41) is 20.6. The van der Waals surface area contributed by atoms with Crippen molar-refractivity contribution in [1.82, 2.24) is 26.2 Å². The average Bonchev–Trinajstić information content (AvgIpc) is 3.05. The summed E-state index contributed by atoms with van der Waals surface area (Å²) in [6.07, 6.45) is 0.619. The molecule has 14 nitrogen and oxygen atoms in total. The first-order valence-corrected chi connectivity index (χ1v) is 17.3. The highest BCUT2D eigenvalue weighted by atomic mass is 16.5. The zero-order valence-corrected chi connectivity index (χ0v) is 30.6. The van der Waals surface area contributed by atoms with Crippen LogP contribution in [0.25, 0.3) is 0 Å². The van der Waals surface area contributed by atoms with Gasteiger partial charge >= 0.3 is 5.97 Å². The zero-order chi connectivity index (χ0) is 37.4. The lowest BCUT2D eigenvalue weighted by Gasteiger charge is -2.30. The number of aliphatic hydroxyl groups excluding tert-OH is 1. The molecule has 4 atom stereocenters. The quantitative estimate of drug-likeness (QED) is 0.121. The van der Waals surface area contributed by atoms with Crippen molar-refractivity contribution >= 4 is 35.4 Å². The second kappa shape index (κ2) is 20.7. The molecule has 0 aliphatic carbocycles. The van der Waals surface area contributed by atoms with Crippen LogP contribution in [0.4, 0.5) is 0 Å². The molecule has 50 heavy (non-hydrogen) atoms. The summed E-state index contributed by atoms with van der Waals surface area (Å²) < 4.78 is 10.6. The predicted molar refractivity (Wildman–Crippen MR) is 187 cm³/mol. The smallest absolute Gasteiger partial charge is 0.320 e. The molecule has 1 saturated heterocycles. The van der Waals surface area contributed by atoms with E-state index in [0.29, 0.717) is 32.7 Å². The van der Waals surface area contributed by atoms with E-state index < -0.39 is 72.4 Å². The molecule has 280 valence electrons. The molecule has 1 unspecified atom stereocenters. The van der Waals surface area contributed by atoms with Gasteiger partial charge in [0.1, 0.15) is 24.7 Å². The molecule has 2 rings (SSSR count). The summed E-state index contributed by atoms with van der Waals surface area (Å²) in [7, 11) is 0. The van der Waals surface area contributed by atoms with Crippen molar-refractivity contribution in [1.29, 1.82) is 0 Å². The van der Waals surface area contributed by atoms with Gasteiger partial charge < -0.3 is 35.8 Å². The Labute approximate surface area is 295 Å². The van der Waals surface area contributed by atoms with Crippen molar-refractivity contribution in [2.24, 2.45) is 17.3 Å². The Morgan fingerprint density at radius 2 is 1.32 bits per heavy atom. The number of hydrogen-bond acceptors (Lipinski definition) is 10. The highest BCUT2D eigenvalue weighted by Crippen LogP contribution is 2.21. The lowest BCUT2D eigenvalue weighted by atomic mass is 9.82. The van der Waals surface area contributed by atoms with Crippen LogP contribution >= 0.6 is 0 Å². The van der Waals surface area contributed by atoms with Crippen molar-refractivity contribution < 1.29 is 43.3 Å². The lowest BCUT2D eigenvalue weighted by Crippen LogP contribution is -2.59. The van der Waals surface area contributed by atoms with E-state index in [1.54, 1.807) is 26.0 Å². The minimum Gasteiger partial charge on any atom is -0.462 e. The predicted octanol–water partition coefficient (Wildman–Crippen LogP) is 0.743. The van der Waals surface area contributed by atoms with Crippen LogP contribution in [-0.4, -0.2) is 116 Å². The third kappa shape index (κ3) is 14.9. The molecule has 1 aromatic carbocycles. The Bertz CT molecular complexity index is 1280. The SMILES string of the molecule is CC(=O)N[C@@H](COC(=O)CN1CCOCC1)C(=O)N[C@@H](CC(C)C)C(=O)N[C@@H](Cc1ccccc1)C(=O)NC(CC(C)C)C(=O)C(C)(C)CO. The van der Waals surface area contributed by atoms with Gasteiger partial charge in [0.2, 0.25) is 23.6 Å². The van der Waals surface area contributed by atoms with Gasteiger partial charge in [-0.15, -0.1) is 0 Å². The van der Waals surface area contributed by atoms with Crippen molar-refractivity contribution in [3.63, 3.8) is 0 Å². The Balaban J connectivity index is 2.26. The Morgan fingerprint density at radius 3 is 1.88 bits per heavy atom. The number of benzene rings is 1. The number of esters is 1. The topological polar surface area (TPSA) is 192 Å². The maximum absolute atomic E-state index is 13.9. The fraction of sp³-hybridized carbons (Fsp3) is 0.667. The number of Topliss-reactive ketones (excluding diaryl/α,β-unsaturated/α-hetero) is 1. The van der Waals surface area contributed by atoms with E-state index in [0.717, 1.165) is 5.56 Å². The van der Waals surface area contributed by atoms with Crippen molar-refractivity contribution in [2.45, 2.75) is 91.9 Å². The van der Waals surface area contributed by atoms with E-state index in [1.807, 2.05) is 50.8 Å². The van der Waals surface area contributed by atoms with Gasteiger partial charge in [0.05, 0.1) is 32.4 Å². The fourth-order valence-corrected chi connectivity index (χ4v) is 5.42. The number of ketones is 1. The summed E-state index contributed by atoms with van der Waals surface area (Å²) in [4.78, 5) is 80.9. The van der Waals surface area contributed by atoms with Crippen molar-refractivity contribution in [3.8, 4) is 0 Å². The molecule has 1 aliphatic rings. The van der Waals surface area contributed by atoms with Crippen LogP contribution in [0.5, 0.6) is 0 Å². The second-order valence-electron chi connectivity index (χ2n) is 14.4. The monoisotopic (exact) mass is 703 g/mol. The van der Waals surface area contributed by atoms with Gasteiger partial charge in [-0.3, -0.25) is 33.7 Å². The van der Waals surface area contributed by atoms with E-state index >= 15 is 0 Å². The van der Waals surface area contributed by atoms with Gasteiger partial charge in [-0.05, 0) is 30.2 Å². The first kappa shape index (κ1) is 42.3. The first-order chi connectivity index (χ1) is 23.5. The first-order valence-electron chi connectivity index (χ1n) is 17.3. The summed E-state index contributed by atoms with van der Waals surface area (Å²) in [5.74, 6) is -3.42. The van der Waals surface area contributed by atoms with Gasteiger partial charge in [-0.2, -0.15) is 0 Å². The van der Waals surface area contributed by atoms with Gasteiger partial charge in [-0.1, -0.05) is 71.9 Å². The summed E-state index contributed by atoms with van der Waals surface area (Å²) in [5.41, 5.74) is -0.344. The number of nitrogens with zero attached hydrogens (tertiary/aromatic N) is 1. The van der Waals surface area contributed by atoms with Crippen molar-refractivity contribution in [2.75, 3.05) is 46.1 Å². The lowest BCUT2D eigenvalue weighted by molar-refractivity contribution is -0.148. The third-order valence-electron chi connectivity index (χ3n) is 8.22. The summed E-state index contributed by atoms with van der Waals surface area (Å²) in [6.45, 7) is 13.3. The molecule has 1 aliphatic heterocycles. The molecule has 1 fully saturated rings. The van der Waals surface area contributed by atoms with E-state index in [-0.39, 0.29) is 37.0 Å². The van der Waals surface area contributed by atoms with E-state index in [9.17, 15) is 33.9 Å². The Kier molecular flexibility index (Phi) is 17.5. The number of carbonyl (C=O) groups excluding carboxylic acids is 6. The van der Waals surface area contributed by atoms with Crippen LogP contribution in [0.3, 0.4) is 0 Å². The van der Waals surface area contributed by atoms with E-state index in [2.05, 4.69) is 21.3 Å². The highest BCUT2D eigenvalue weighted by molar-refractivity contribution is 5.97. The van der Waals surface area contributed by atoms with E-state index in [4.69, 9.17) is 9.47 Å². The maximum Gasteiger partial charge on any atom is 0.320 e. The maximum atomic E-state index is 13.9. The number of ether oxygens (including phenoxy) is 2. The van der Waals surface area contributed by atoms with Crippen molar-refractivity contribution in [3.05, 3.63) is 35.9 Å². The number of amides is 4. The molecule has 0 bridgehead atoms. The largest absolute Gasteiger partial charge is 0.462 e. The Morgan fingerprint density at radius 1 is 0.800 bits per heavy atom. The molecule has 0 saturated carbocycles. The zero-order valence-electron chi connectivity index (χ0n) is 30.6. The summed E-state index contributed by atoms with van der Waals surface area (Å²) in [6, 6.07) is 4.63. The molecule has 14 heteroatoms. The number of hydrogen-bond donors (Lipinski definition) is 5. The third-order valence-corrected chi connectivity index (χ3v) is 8.22. The normalized spacial score (nSPS) is 16.1. The standard InChI is InChI=1S/C36H57N5O9/c1-23(2)17-27(32(45)36(6,7)22-42)38-34(47)29(19-26-11-9-8-10-12-26)40-33(46)28(18-24(3)4)39-35(48)30(37-25(5)43)21-50-31(44)20-41-13-15-49-16-14-41/h8-12,23-24,27-30,42H,13-22H2,1-7H3,(H,37,43)(H,38,47)(H,39,48)(H,40,46)/t27?,28-,29-,30-/m0/s1. The van der Waals surface area contributed by atoms with E-state index in [1.165, 1.54) is 6.92 Å². The highest BCUT2D eigenvalue weighted by Gasteiger charge is 2.37. The average molecular weight is 704 g/mol. The molecule has 0 radical (unpaired) electrons. The molecular formula is C36H57N5O9. The minimum atomic E-state index is -1.27. The number of morpholine rings is 1. The molecule has 0 spiro atoms. The molecule has 4 amide bonds.